The van der Waals surface area contributed by atoms with Gasteiger partial charge in [-0.3, -0.25) is 4.84 Å². The molecule has 2 rings (SSSR count). The minimum Gasteiger partial charge on any atom is -0.496 e. The van der Waals surface area contributed by atoms with E-state index in [1.54, 1.807) is 20.1 Å². The number of rotatable bonds is 9. The van der Waals surface area contributed by atoms with Gasteiger partial charge in [0.05, 0.1) is 31.3 Å². The zero-order chi connectivity index (χ0) is 19.2. The van der Waals surface area contributed by atoms with E-state index in [4.69, 9.17) is 14.7 Å². The Balaban J connectivity index is 2.40. The Bertz CT molecular complexity index is 835. The van der Waals surface area contributed by atoms with E-state index in [1.165, 1.54) is 12.1 Å². The Hall–Kier alpha value is -1.97. The molecule has 1 unspecified atom stereocenters. The first kappa shape index (κ1) is 20.3. The van der Waals surface area contributed by atoms with Crippen LogP contribution in [0.3, 0.4) is 0 Å². The molecule has 26 heavy (non-hydrogen) atoms. The molecule has 0 fully saturated rings. The number of para-hydroxylation sites is 1. The van der Waals surface area contributed by atoms with Crippen molar-refractivity contribution in [2.24, 2.45) is 0 Å². The summed E-state index contributed by atoms with van der Waals surface area (Å²) in [6, 6.07) is 11.9. The van der Waals surface area contributed by atoms with Crippen molar-refractivity contribution in [3.63, 3.8) is 0 Å². The van der Waals surface area contributed by atoms with Crippen LogP contribution in [0, 0.1) is 0 Å². The standard InChI is InChI=1S/C18H23NO6S/c1-13(21)17-8-7-16(26(22,23)19-25-10-9-20)12-15(17)11-14-5-3-4-6-18(14)24-2/h3-8,12-13,19-21H,9-11H2,1-2H3. The highest BCUT2D eigenvalue weighted by Gasteiger charge is 2.18. The van der Waals surface area contributed by atoms with Gasteiger partial charge in [0.15, 0.2) is 0 Å². The molecule has 0 heterocycles. The number of aliphatic hydroxyl groups excluding tert-OH is 2. The molecule has 0 spiro atoms. The van der Waals surface area contributed by atoms with Crippen molar-refractivity contribution in [1.29, 1.82) is 0 Å². The molecule has 7 nitrogen and oxygen atoms in total. The van der Waals surface area contributed by atoms with E-state index in [2.05, 4.69) is 0 Å². The number of nitrogens with one attached hydrogen (secondary N) is 1. The maximum atomic E-state index is 12.3. The van der Waals surface area contributed by atoms with Crippen molar-refractivity contribution in [1.82, 2.24) is 4.89 Å². The van der Waals surface area contributed by atoms with Crippen LogP contribution in [0.25, 0.3) is 0 Å². The summed E-state index contributed by atoms with van der Waals surface area (Å²) in [5.74, 6) is 0.682. The average Bonchev–Trinajstić information content (AvgIpc) is 2.62. The van der Waals surface area contributed by atoms with Crippen LogP contribution >= 0.6 is 0 Å². The highest BCUT2D eigenvalue weighted by Crippen LogP contribution is 2.27. The summed E-state index contributed by atoms with van der Waals surface area (Å²) in [7, 11) is -2.33. The number of hydrogen-bond donors (Lipinski definition) is 3. The third-order valence-electron chi connectivity index (χ3n) is 3.81. The van der Waals surface area contributed by atoms with Crippen LogP contribution in [-0.4, -0.2) is 39.0 Å². The van der Waals surface area contributed by atoms with Crippen LogP contribution in [0.2, 0.25) is 0 Å². The van der Waals surface area contributed by atoms with Gasteiger partial charge >= 0.3 is 0 Å². The van der Waals surface area contributed by atoms with E-state index < -0.39 is 16.1 Å². The molecule has 2 aromatic carbocycles. The quantitative estimate of drug-likeness (QED) is 0.450. The highest BCUT2D eigenvalue weighted by atomic mass is 32.2. The lowest BCUT2D eigenvalue weighted by molar-refractivity contribution is 0.0601. The van der Waals surface area contributed by atoms with E-state index in [-0.39, 0.29) is 18.1 Å². The van der Waals surface area contributed by atoms with E-state index >= 15 is 0 Å². The number of benzene rings is 2. The van der Waals surface area contributed by atoms with E-state index in [9.17, 15) is 13.5 Å². The number of sulfonamides is 1. The molecule has 0 aromatic heterocycles. The van der Waals surface area contributed by atoms with Gasteiger partial charge in [0.1, 0.15) is 5.75 Å². The van der Waals surface area contributed by atoms with Crippen molar-refractivity contribution in [2.75, 3.05) is 20.3 Å². The van der Waals surface area contributed by atoms with Crippen LogP contribution in [-0.2, 0) is 21.3 Å². The molecule has 8 heteroatoms. The first-order valence-corrected chi connectivity index (χ1v) is 9.54. The van der Waals surface area contributed by atoms with E-state index in [1.807, 2.05) is 29.2 Å². The Morgan fingerprint density at radius 2 is 1.88 bits per heavy atom. The molecule has 0 bridgehead atoms. The van der Waals surface area contributed by atoms with Crippen molar-refractivity contribution in [3.05, 3.63) is 59.2 Å². The smallest absolute Gasteiger partial charge is 0.262 e. The first-order chi connectivity index (χ1) is 12.4. The maximum Gasteiger partial charge on any atom is 0.262 e. The summed E-state index contributed by atoms with van der Waals surface area (Å²) in [4.78, 5) is 6.68. The number of ether oxygens (including phenoxy) is 1. The molecular formula is C18H23NO6S. The molecule has 0 radical (unpaired) electrons. The third kappa shape index (κ3) is 5.03. The molecule has 0 saturated carbocycles. The molecule has 142 valence electrons. The fraction of sp³-hybridized carbons (Fsp3) is 0.333. The summed E-state index contributed by atoms with van der Waals surface area (Å²) >= 11 is 0. The van der Waals surface area contributed by atoms with Crippen LogP contribution in [0.5, 0.6) is 5.75 Å². The average molecular weight is 381 g/mol. The zero-order valence-corrected chi connectivity index (χ0v) is 15.5. The second-order valence-corrected chi connectivity index (χ2v) is 7.33. The lowest BCUT2D eigenvalue weighted by atomic mass is 9.96. The monoisotopic (exact) mass is 381 g/mol. The molecule has 0 aliphatic heterocycles. The van der Waals surface area contributed by atoms with Gasteiger partial charge in [0.25, 0.3) is 10.0 Å². The van der Waals surface area contributed by atoms with Crippen molar-refractivity contribution in [3.8, 4) is 5.75 Å². The second kappa shape index (κ2) is 9.11. The van der Waals surface area contributed by atoms with Crippen LogP contribution in [0.4, 0.5) is 0 Å². The Morgan fingerprint density at radius 3 is 2.54 bits per heavy atom. The third-order valence-corrected chi connectivity index (χ3v) is 5.02. The molecule has 3 N–H and O–H groups in total. The molecule has 0 aliphatic rings. The van der Waals surface area contributed by atoms with Crippen LogP contribution < -0.4 is 9.62 Å². The Labute approximate surface area is 153 Å². The van der Waals surface area contributed by atoms with Crippen molar-refractivity contribution >= 4 is 10.0 Å². The number of methoxy groups -OCH3 is 1. The summed E-state index contributed by atoms with van der Waals surface area (Å²) in [6.07, 6.45) is -0.361. The largest absolute Gasteiger partial charge is 0.496 e. The van der Waals surface area contributed by atoms with Gasteiger partial charge in [0.2, 0.25) is 0 Å². The van der Waals surface area contributed by atoms with E-state index in [0.29, 0.717) is 23.3 Å². The van der Waals surface area contributed by atoms with Gasteiger partial charge < -0.3 is 14.9 Å². The van der Waals surface area contributed by atoms with Crippen LogP contribution in [0.1, 0.15) is 29.7 Å². The summed E-state index contributed by atoms with van der Waals surface area (Å²) in [5.41, 5.74) is 2.16. The molecule has 0 saturated heterocycles. The molecule has 2 aromatic rings. The summed E-state index contributed by atoms with van der Waals surface area (Å²) < 4.78 is 30.0. The second-order valence-electron chi connectivity index (χ2n) is 5.68. The molecular weight excluding hydrogens is 358 g/mol. The normalized spacial score (nSPS) is 12.8. The minimum atomic E-state index is -3.90. The van der Waals surface area contributed by atoms with E-state index in [0.717, 1.165) is 5.56 Å². The molecule has 1 atom stereocenters. The number of hydrogen-bond acceptors (Lipinski definition) is 6. The predicted octanol–water partition coefficient (Wildman–Crippen LogP) is 1.54. The SMILES string of the molecule is COc1ccccc1Cc1cc(S(=O)(=O)NOCCO)ccc1C(C)O. The van der Waals surface area contributed by atoms with Crippen LogP contribution in [0.15, 0.2) is 47.4 Å². The van der Waals surface area contributed by atoms with Crippen molar-refractivity contribution < 1.29 is 28.2 Å². The lowest BCUT2D eigenvalue weighted by Gasteiger charge is -2.16. The fourth-order valence-corrected chi connectivity index (χ4v) is 3.46. The number of aliphatic hydroxyl groups is 2. The van der Waals surface area contributed by atoms with Gasteiger partial charge in [-0.25, -0.2) is 8.42 Å². The Morgan fingerprint density at radius 1 is 1.15 bits per heavy atom. The van der Waals surface area contributed by atoms with Crippen molar-refractivity contribution in [2.45, 2.75) is 24.3 Å². The molecule has 0 aliphatic carbocycles. The molecule has 0 amide bonds. The van der Waals surface area contributed by atoms with Gasteiger partial charge in [-0.05, 0) is 41.8 Å². The predicted molar refractivity (Wildman–Crippen MR) is 96.2 cm³/mol. The first-order valence-electron chi connectivity index (χ1n) is 8.06. The zero-order valence-electron chi connectivity index (χ0n) is 14.7. The topological polar surface area (TPSA) is 105 Å². The van der Waals surface area contributed by atoms with Gasteiger partial charge in [-0.15, -0.1) is 0 Å². The summed E-state index contributed by atoms with van der Waals surface area (Å²) in [5, 5.41) is 18.7. The highest BCUT2D eigenvalue weighted by molar-refractivity contribution is 7.89. The van der Waals surface area contributed by atoms with Gasteiger partial charge in [0, 0.05) is 6.42 Å². The maximum absolute atomic E-state index is 12.3. The lowest BCUT2D eigenvalue weighted by Crippen LogP contribution is -2.25. The summed E-state index contributed by atoms with van der Waals surface area (Å²) in [6.45, 7) is 1.17. The Kier molecular flexibility index (Phi) is 7.13. The van der Waals surface area contributed by atoms with Gasteiger partial charge in [-0.2, -0.15) is 0 Å². The minimum absolute atomic E-state index is 0.00439. The fourth-order valence-electron chi connectivity index (χ4n) is 2.58. The van der Waals surface area contributed by atoms with Gasteiger partial charge in [-0.1, -0.05) is 29.2 Å².